The lowest BCUT2D eigenvalue weighted by Gasteiger charge is -2.30. The average Bonchev–Trinajstić information content (AvgIpc) is 2.67. The molecule has 1 heterocycles. The van der Waals surface area contributed by atoms with Crippen LogP contribution in [0.3, 0.4) is 0 Å². The van der Waals surface area contributed by atoms with E-state index >= 15 is 0 Å². The molecule has 0 amide bonds. The van der Waals surface area contributed by atoms with Crippen molar-refractivity contribution in [2.45, 2.75) is 46.0 Å². The van der Waals surface area contributed by atoms with Crippen LogP contribution in [0.5, 0.6) is 0 Å². The number of hydrogen-bond donors (Lipinski definition) is 2. The summed E-state index contributed by atoms with van der Waals surface area (Å²) in [4.78, 5) is 10.6. The summed E-state index contributed by atoms with van der Waals surface area (Å²) in [5.74, 6) is -0.0420. The van der Waals surface area contributed by atoms with Gasteiger partial charge >= 0.3 is 5.97 Å². The van der Waals surface area contributed by atoms with E-state index in [-0.39, 0.29) is 17.8 Å². The van der Waals surface area contributed by atoms with Gasteiger partial charge in [-0.25, -0.2) is 0 Å². The van der Waals surface area contributed by atoms with Crippen LogP contribution in [-0.2, 0) is 17.9 Å². The third kappa shape index (κ3) is 4.21. The zero-order valence-corrected chi connectivity index (χ0v) is 12.6. The fourth-order valence-electron chi connectivity index (χ4n) is 1.42. The topological polar surface area (TPSA) is 88.2 Å². The highest BCUT2D eigenvalue weighted by Crippen LogP contribution is 2.30. The summed E-state index contributed by atoms with van der Waals surface area (Å²) in [6, 6.07) is 0. The molecule has 0 saturated heterocycles. The summed E-state index contributed by atoms with van der Waals surface area (Å²) in [7, 11) is 0. The molecule has 108 valence electrons. The van der Waals surface area contributed by atoms with Gasteiger partial charge in [-0.3, -0.25) is 4.79 Å². The van der Waals surface area contributed by atoms with E-state index < -0.39 is 5.97 Å². The maximum absolute atomic E-state index is 10.6. The molecule has 1 aromatic heterocycles. The first-order valence-corrected chi connectivity index (χ1v) is 7.14. The fourth-order valence-corrected chi connectivity index (χ4v) is 2.09. The Bertz CT molecular complexity index is 443. The Hall–Kier alpha value is -1.08. The van der Waals surface area contributed by atoms with Crippen molar-refractivity contribution in [2.24, 2.45) is 11.3 Å². The van der Waals surface area contributed by atoms with Crippen molar-refractivity contribution >= 4 is 17.7 Å². The maximum atomic E-state index is 10.6. The zero-order valence-electron chi connectivity index (χ0n) is 11.8. The molecule has 0 spiro atoms. The SMILES string of the molecule is CC(C)C(C)(C)Cn1c(CO)nnc1SCC(=O)O. The van der Waals surface area contributed by atoms with Crippen molar-refractivity contribution in [1.82, 2.24) is 14.8 Å². The second-order valence-corrected chi connectivity index (χ2v) is 6.41. The van der Waals surface area contributed by atoms with Crippen LogP contribution in [0.2, 0.25) is 0 Å². The first kappa shape index (κ1) is 16.0. The van der Waals surface area contributed by atoms with Crippen LogP contribution < -0.4 is 0 Å². The van der Waals surface area contributed by atoms with E-state index in [1.54, 1.807) is 0 Å². The van der Waals surface area contributed by atoms with Gasteiger partial charge in [0.1, 0.15) is 6.61 Å². The van der Waals surface area contributed by atoms with E-state index in [2.05, 4.69) is 37.9 Å². The predicted molar refractivity (Wildman–Crippen MR) is 72.9 cm³/mol. The lowest BCUT2D eigenvalue weighted by molar-refractivity contribution is -0.133. The molecule has 1 aromatic rings. The molecule has 0 saturated carbocycles. The van der Waals surface area contributed by atoms with Crippen molar-refractivity contribution < 1.29 is 15.0 Å². The molecule has 19 heavy (non-hydrogen) atoms. The molecule has 0 fully saturated rings. The molecular weight excluding hydrogens is 266 g/mol. The van der Waals surface area contributed by atoms with Gasteiger partial charge in [0.15, 0.2) is 11.0 Å². The highest BCUT2D eigenvalue weighted by Gasteiger charge is 2.26. The summed E-state index contributed by atoms with van der Waals surface area (Å²) in [6.45, 7) is 8.97. The van der Waals surface area contributed by atoms with Crippen LogP contribution in [0.25, 0.3) is 0 Å². The minimum Gasteiger partial charge on any atom is -0.481 e. The van der Waals surface area contributed by atoms with Gasteiger partial charge < -0.3 is 14.8 Å². The monoisotopic (exact) mass is 287 g/mol. The third-order valence-electron chi connectivity index (χ3n) is 3.39. The van der Waals surface area contributed by atoms with Gasteiger partial charge in [0.25, 0.3) is 0 Å². The summed E-state index contributed by atoms with van der Waals surface area (Å²) in [5, 5.41) is 26.4. The van der Waals surface area contributed by atoms with Crippen molar-refractivity contribution in [2.75, 3.05) is 5.75 Å². The van der Waals surface area contributed by atoms with E-state index in [0.29, 0.717) is 23.4 Å². The van der Waals surface area contributed by atoms with E-state index in [4.69, 9.17) is 5.11 Å². The Kier molecular flexibility index (Phi) is 5.37. The minimum absolute atomic E-state index is 0.00480. The van der Waals surface area contributed by atoms with Gasteiger partial charge in [-0.1, -0.05) is 39.5 Å². The highest BCUT2D eigenvalue weighted by atomic mass is 32.2. The Morgan fingerprint density at radius 3 is 2.53 bits per heavy atom. The Morgan fingerprint density at radius 1 is 1.42 bits per heavy atom. The van der Waals surface area contributed by atoms with E-state index in [1.807, 2.05) is 4.57 Å². The molecule has 0 radical (unpaired) electrons. The summed E-state index contributed by atoms with van der Waals surface area (Å²) < 4.78 is 1.81. The number of hydrogen-bond acceptors (Lipinski definition) is 5. The fraction of sp³-hybridized carbons (Fsp3) is 0.750. The molecule has 7 heteroatoms. The molecule has 0 atom stereocenters. The summed E-state index contributed by atoms with van der Waals surface area (Å²) in [6.07, 6.45) is 0. The van der Waals surface area contributed by atoms with Crippen LogP contribution in [0, 0.1) is 11.3 Å². The first-order valence-electron chi connectivity index (χ1n) is 6.15. The molecule has 2 N–H and O–H groups in total. The molecular formula is C12H21N3O3S. The average molecular weight is 287 g/mol. The van der Waals surface area contributed by atoms with Crippen LogP contribution in [0.1, 0.15) is 33.5 Å². The predicted octanol–water partition coefficient (Wildman–Crippen LogP) is 1.63. The number of nitrogens with zero attached hydrogens (tertiary/aromatic N) is 3. The van der Waals surface area contributed by atoms with E-state index in [1.165, 1.54) is 0 Å². The standard InChI is InChI=1S/C12H21N3O3S/c1-8(2)12(3,4)7-15-9(5-16)13-14-11(15)19-6-10(17)18/h8,16H,5-7H2,1-4H3,(H,17,18). The van der Waals surface area contributed by atoms with Gasteiger partial charge in [0, 0.05) is 6.54 Å². The largest absolute Gasteiger partial charge is 0.481 e. The molecule has 0 aliphatic rings. The second kappa shape index (κ2) is 6.38. The molecule has 0 aliphatic heterocycles. The van der Waals surface area contributed by atoms with Crippen molar-refractivity contribution in [3.63, 3.8) is 0 Å². The van der Waals surface area contributed by atoms with E-state index in [9.17, 15) is 9.90 Å². The van der Waals surface area contributed by atoms with Crippen molar-refractivity contribution in [1.29, 1.82) is 0 Å². The van der Waals surface area contributed by atoms with Crippen LogP contribution in [0.4, 0.5) is 0 Å². The van der Waals surface area contributed by atoms with Gasteiger partial charge in [0.05, 0.1) is 5.75 Å². The summed E-state index contributed by atoms with van der Waals surface area (Å²) in [5.41, 5.74) is 0.00480. The normalized spacial score (nSPS) is 12.1. The number of thioether (sulfide) groups is 1. The summed E-state index contributed by atoms with van der Waals surface area (Å²) >= 11 is 1.12. The maximum Gasteiger partial charge on any atom is 0.313 e. The lowest BCUT2D eigenvalue weighted by Crippen LogP contribution is -2.27. The Morgan fingerprint density at radius 2 is 2.05 bits per heavy atom. The number of aliphatic hydroxyl groups is 1. The minimum atomic E-state index is -0.895. The molecule has 0 aromatic carbocycles. The number of carbonyl (C=O) groups is 1. The lowest BCUT2D eigenvalue weighted by atomic mass is 9.81. The Labute approximate surface area is 117 Å². The van der Waals surface area contributed by atoms with Gasteiger partial charge in [-0.2, -0.15) is 0 Å². The quantitative estimate of drug-likeness (QED) is 0.741. The number of carboxylic acids is 1. The molecule has 0 aliphatic carbocycles. The van der Waals surface area contributed by atoms with Gasteiger partial charge in [-0.05, 0) is 11.3 Å². The second-order valence-electron chi connectivity index (χ2n) is 5.47. The van der Waals surface area contributed by atoms with Crippen molar-refractivity contribution in [3.8, 4) is 0 Å². The number of aliphatic carboxylic acids is 1. The number of aromatic nitrogens is 3. The molecule has 1 rings (SSSR count). The third-order valence-corrected chi connectivity index (χ3v) is 4.34. The van der Waals surface area contributed by atoms with Crippen LogP contribution in [-0.4, -0.2) is 36.7 Å². The first-order chi connectivity index (χ1) is 8.77. The van der Waals surface area contributed by atoms with Gasteiger partial charge in [-0.15, -0.1) is 10.2 Å². The molecule has 0 bridgehead atoms. The highest BCUT2D eigenvalue weighted by molar-refractivity contribution is 7.99. The number of carboxylic acid groups (broad SMARTS) is 1. The van der Waals surface area contributed by atoms with Crippen molar-refractivity contribution in [3.05, 3.63) is 5.82 Å². The van der Waals surface area contributed by atoms with E-state index in [0.717, 1.165) is 11.8 Å². The number of aliphatic hydroxyl groups excluding tert-OH is 1. The van der Waals surface area contributed by atoms with Crippen LogP contribution in [0.15, 0.2) is 5.16 Å². The zero-order chi connectivity index (χ0) is 14.6. The smallest absolute Gasteiger partial charge is 0.313 e. The van der Waals surface area contributed by atoms with Gasteiger partial charge in [0.2, 0.25) is 0 Å². The molecule has 0 unspecified atom stereocenters. The number of rotatable bonds is 7. The van der Waals surface area contributed by atoms with Crippen LogP contribution >= 0.6 is 11.8 Å². The Balaban J connectivity index is 2.96. The molecule has 6 nitrogen and oxygen atoms in total.